The molecule has 1 spiro atoms. The first kappa shape index (κ1) is 15.0. The summed E-state index contributed by atoms with van der Waals surface area (Å²) in [6, 6.07) is 6.03. The Hall–Kier alpha value is -0.580. The third-order valence-electron chi connectivity index (χ3n) is 5.38. The van der Waals surface area contributed by atoms with Crippen molar-refractivity contribution in [2.24, 2.45) is 5.92 Å². The van der Waals surface area contributed by atoms with Crippen LogP contribution < -0.4 is 0 Å². The molecule has 1 aliphatic carbocycles. The largest absolute Gasteiger partial charge is 0.371 e. The highest BCUT2D eigenvalue weighted by Gasteiger charge is 2.49. The molecule has 3 nitrogen and oxygen atoms in total. The van der Waals surface area contributed by atoms with E-state index in [1.165, 1.54) is 51.7 Å². The lowest BCUT2D eigenvalue weighted by molar-refractivity contribution is 0.0236. The van der Waals surface area contributed by atoms with Crippen LogP contribution in [-0.4, -0.2) is 46.1 Å². The van der Waals surface area contributed by atoms with Gasteiger partial charge in [0.25, 0.3) is 0 Å². The van der Waals surface area contributed by atoms with Gasteiger partial charge in [-0.1, -0.05) is 18.9 Å². The molecular weight excluding hydrogens is 292 g/mol. The normalized spacial score (nSPS) is 28.3. The van der Waals surface area contributed by atoms with Crippen LogP contribution in [0.1, 0.15) is 37.8 Å². The van der Waals surface area contributed by atoms with Crippen LogP contribution in [0.25, 0.3) is 0 Å². The van der Waals surface area contributed by atoms with Crippen molar-refractivity contribution in [3.63, 3.8) is 0 Å². The summed E-state index contributed by atoms with van der Waals surface area (Å²) in [5.74, 6) is 2.14. The van der Waals surface area contributed by atoms with Gasteiger partial charge in [-0.2, -0.15) is 0 Å². The molecule has 120 valence electrons. The second kappa shape index (κ2) is 6.50. The zero-order valence-corrected chi connectivity index (χ0v) is 14.1. The van der Waals surface area contributed by atoms with Crippen molar-refractivity contribution in [3.8, 4) is 0 Å². The first-order chi connectivity index (χ1) is 10.8. The monoisotopic (exact) mass is 318 g/mol. The van der Waals surface area contributed by atoms with Gasteiger partial charge in [0, 0.05) is 36.3 Å². The summed E-state index contributed by atoms with van der Waals surface area (Å²) >= 11 is 2.15. The van der Waals surface area contributed by atoms with E-state index in [0.29, 0.717) is 17.5 Å². The number of hydrogen-bond acceptors (Lipinski definition) is 4. The number of pyridine rings is 1. The number of thioether (sulfide) groups is 1. The van der Waals surface area contributed by atoms with Crippen LogP contribution in [0.2, 0.25) is 0 Å². The Morgan fingerprint density at radius 1 is 1.27 bits per heavy atom. The maximum absolute atomic E-state index is 6.09. The molecule has 0 aromatic carbocycles. The van der Waals surface area contributed by atoms with Crippen LogP contribution in [0.3, 0.4) is 0 Å². The smallest absolute Gasteiger partial charge is 0.0892 e. The summed E-state index contributed by atoms with van der Waals surface area (Å²) in [7, 11) is 0. The Bertz CT molecular complexity index is 483. The predicted molar refractivity (Wildman–Crippen MR) is 91.0 cm³/mol. The van der Waals surface area contributed by atoms with Crippen molar-refractivity contribution in [3.05, 3.63) is 30.1 Å². The van der Waals surface area contributed by atoms with E-state index in [9.17, 15) is 0 Å². The lowest BCUT2D eigenvalue weighted by Crippen LogP contribution is -2.59. The molecule has 1 atom stereocenters. The van der Waals surface area contributed by atoms with Gasteiger partial charge in [-0.05, 0) is 37.3 Å². The van der Waals surface area contributed by atoms with Crippen LogP contribution in [-0.2, 0) is 11.3 Å². The van der Waals surface area contributed by atoms with Gasteiger partial charge < -0.3 is 9.64 Å². The molecule has 1 aromatic heterocycles. The first-order valence-corrected chi connectivity index (χ1v) is 9.68. The summed E-state index contributed by atoms with van der Waals surface area (Å²) in [6.45, 7) is 4.59. The Morgan fingerprint density at radius 2 is 2.14 bits per heavy atom. The molecule has 0 radical (unpaired) electrons. The van der Waals surface area contributed by atoms with E-state index >= 15 is 0 Å². The second-order valence-corrected chi connectivity index (χ2v) is 8.76. The zero-order valence-electron chi connectivity index (χ0n) is 13.2. The molecule has 1 saturated carbocycles. The maximum atomic E-state index is 6.09. The molecule has 3 aliphatic rings. The SMILES string of the molecule is c1ccc(CO[C@H]2CSC3(C2)CN(CC2CCCC2)C3)nc1. The van der Waals surface area contributed by atoms with Crippen molar-refractivity contribution in [1.29, 1.82) is 0 Å². The van der Waals surface area contributed by atoms with Gasteiger partial charge in [0.15, 0.2) is 0 Å². The van der Waals surface area contributed by atoms with Gasteiger partial charge >= 0.3 is 0 Å². The topological polar surface area (TPSA) is 25.4 Å². The van der Waals surface area contributed by atoms with Crippen LogP contribution in [0.5, 0.6) is 0 Å². The molecule has 22 heavy (non-hydrogen) atoms. The minimum absolute atomic E-state index is 0.417. The summed E-state index contributed by atoms with van der Waals surface area (Å²) in [6.07, 6.45) is 9.34. The average Bonchev–Trinajstić information content (AvgIpc) is 3.16. The lowest BCUT2D eigenvalue weighted by Gasteiger charge is -2.48. The summed E-state index contributed by atoms with van der Waals surface area (Å²) in [5, 5.41) is 0. The Morgan fingerprint density at radius 3 is 2.91 bits per heavy atom. The van der Waals surface area contributed by atoms with E-state index in [0.717, 1.165) is 17.4 Å². The van der Waals surface area contributed by atoms with E-state index in [4.69, 9.17) is 4.74 Å². The van der Waals surface area contributed by atoms with Crippen LogP contribution in [0.15, 0.2) is 24.4 Å². The Labute approximate surface area is 137 Å². The van der Waals surface area contributed by atoms with E-state index in [1.807, 2.05) is 24.4 Å². The van der Waals surface area contributed by atoms with Crippen molar-refractivity contribution >= 4 is 11.8 Å². The van der Waals surface area contributed by atoms with E-state index in [1.54, 1.807) is 0 Å². The quantitative estimate of drug-likeness (QED) is 0.831. The number of ether oxygens (including phenoxy) is 1. The highest BCUT2D eigenvalue weighted by Crippen LogP contribution is 2.46. The third kappa shape index (κ3) is 3.34. The van der Waals surface area contributed by atoms with Crippen molar-refractivity contribution in [2.45, 2.75) is 49.6 Å². The highest BCUT2D eigenvalue weighted by atomic mass is 32.2. The van der Waals surface area contributed by atoms with Crippen molar-refractivity contribution in [1.82, 2.24) is 9.88 Å². The van der Waals surface area contributed by atoms with Crippen molar-refractivity contribution in [2.75, 3.05) is 25.4 Å². The molecule has 4 rings (SSSR count). The Balaban J connectivity index is 1.20. The van der Waals surface area contributed by atoms with Crippen molar-refractivity contribution < 1.29 is 4.74 Å². The molecule has 2 aliphatic heterocycles. The van der Waals surface area contributed by atoms with Crippen LogP contribution in [0, 0.1) is 5.92 Å². The fourth-order valence-electron chi connectivity index (χ4n) is 4.27. The van der Waals surface area contributed by atoms with Gasteiger partial charge in [-0.15, -0.1) is 11.8 Å². The second-order valence-electron chi connectivity index (χ2n) is 7.27. The van der Waals surface area contributed by atoms with Gasteiger partial charge in [-0.3, -0.25) is 4.98 Å². The molecule has 3 fully saturated rings. The molecule has 3 heterocycles. The van der Waals surface area contributed by atoms with Crippen LogP contribution >= 0.6 is 11.8 Å². The number of nitrogens with zero attached hydrogens (tertiary/aromatic N) is 2. The third-order valence-corrected chi connectivity index (χ3v) is 6.96. The molecule has 2 saturated heterocycles. The first-order valence-electron chi connectivity index (χ1n) is 8.69. The van der Waals surface area contributed by atoms with E-state index < -0.39 is 0 Å². The fraction of sp³-hybridized carbons (Fsp3) is 0.722. The minimum Gasteiger partial charge on any atom is -0.371 e. The van der Waals surface area contributed by atoms with Gasteiger partial charge in [0.05, 0.1) is 18.4 Å². The van der Waals surface area contributed by atoms with E-state index in [2.05, 4.69) is 21.6 Å². The minimum atomic E-state index is 0.417. The molecule has 0 amide bonds. The van der Waals surface area contributed by atoms with Gasteiger partial charge in [0.1, 0.15) is 0 Å². The molecule has 4 heteroatoms. The maximum Gasteiger partial charge on any atom is 0.0892 e. The molecule has 0 N–H and O–H groups in total. The molecule has 0 unspecified atom stereocenters. The highest BCUT2D eigenvalue weighted by molar-refractivity contribution is 8.01. The average molecular weight is 318 g/mol. The molecule has 1 aromatic rings. The predicted octanol–water partition coefficient (Wildman–Crippen LogP) is 3.35. The number of likely N-dealkylation sites (tertiary alicyclic amines) is 1. The van der Waals surface area contributed by atoms with Crippen LogP contribution in [0.4, 0.5) is 0 Å². The molecular formula is C18H26N2OS. The summed E-state index contributed by atoms with van der Waals surface area (Å²) < 4.78 is 6.59. The zero-order chi connectivity index (χ0) is 14.8. The van der Waals surface area contributed by atoms with E-state index in [-0.39, 0.29) is 0 Å². The summed E-state index contributed by atoms with van der Waals surface area (Å²) in [4.78, 5) is 7.02. The summed E-state index contributed by atoms with van der Waals surface area (Å²) in [5.41, 5.74) is 1.05. The van der Waals surface area contributed by atoms with Gasteiger partial charge in [-0.25, -0.2) is 0 Å². The fourth-order valence-corrected chi connectivity index (χ4v) is 5.88. The Kier molecular flexibility index (Phi) is 4.43. The molecule has 0 bridgehead atoms. The number of rotatable bonds is 5. The lowest BCUT2D eigenvalue weighted by atomic mass is 9.91. The standard InChI is InChI=1S/C18H26N2OS/c1-2-6-15(5-1)10-20-13-18(14-20)9-17(12-22-18)21-11-16-7-3-4-8-19-16/h3-4,7-8,15,17H,1-2,5-6,9-14H2/t17-/m1/s1. The van der Waals surface area contributed by atoms with Gasteiger partial charge in [0.2, 0.25) is 0 Å². The number of aromatic nitrogens is 1. The number of hydrogen-bond donors (Lipinski definition) is 0.